The Morgan fingerprint density at radius 1 is 1.27 bits per heavy atom. The third-order valence-corrected chi connectivity index (χ3v) is 6.07. The molecule has 0 saturated carbocycles. The third-order valence-electron chi connectivity index (χ3n) is 4.07. The lowest BCUT2D eigenvalue weighted by Gasteiger charge is -2.10. The molecule has 1 aliphatic rings. The van der Waals surface area contributed by atoms with Gasteiger partial charge in [-0.05, 0) is 30.5 Å². The second-order valence-corrected chi connectivity index (χ2v) is 8.84. The first-order valence-corrected chi connectivity index (χ1v) is 10.4. The van der Waals surface area contributed by atoms with Gasteiger partial charge in [-0.1, -0.05) is 23.7 Å². The lowest BCUT2D eigenvalue weighted by Crippen LogP contribution is -2.35. The highest BCUT2D eigenvalue weighted by Gasteiger charge is 2.29. The molecule has 9 heteroatoms. The number of hydrogen-bond donors (Lipinski definition) is 2. The Morgan fingerprint density at radius 2 is 2.04 bits per heavy atom. The van der Waals surface area contributed by atoms with E-state index in [1.165, 1.54) is 12.4 Å². The second kappa shape index (κ2) is 8.01. The van der Waals surface area contributed by atoms with Crippen LogP contribution in [0.15, 0.2) is 36.7 Å². The molecular formula is C17H19ClN4O3S. The van der Waals surface area contributed by atoms with E-state index in [1.807, 2.05) is 24.3 Å². The van der Waals surface area contributed by atoms with Gasteiger partial charge in [-0.3, -0.25) is 4.79 Å². The number of aromatic nitrogens is 2. The van der Waals surface area contributed by atoms with E-state index in [2.05, 4.69) is 20.6 Å². The molecule has 1 saturated heterocycles. The van der Waals surface area contributed by atoms with Crippen molar-refractivity contribution >= 4 is 33.3 Å². The fourth-order valence-electron chi connectivity index (χ4n) is 2.73. The topological polar surface area (TPSA) is 101 Å². The zero-order valence-corrected chi connectivity index (χ0v) is 15.6. The van der Waals surface area contributed by atoms with Crippen molar-refractivity contribution in [2.75, 3.05) is 23.4 Å². The van der Waals surface area contributed by atoms with E-state index in [9.17, 15) is 13.2 Å². The first-order chi connectivity index (χ1) is 12.4. The average Bonchev–Trinajstić information content (AvgIpc) is 2.94. The van der Waals surface area contributed by atoms with Crippen LogP contribution in [0.4, 0.5) is 5.95 Å². The number of nitrogens with one attached hydrogen (secondary N) is 2. The molecule has 0 spiro atoms. The molecule has 1 aromatic heterocycles. The first-order valence-electron chi connectivity index (χ1n) is 8.23. The number of sulfone groups is 1. The molecule has 1 atom stereocenters. The Labute approximate surface area is 157 Å². The highest BCUT2D eigenvalue weighted by Crippen LogP contribution is 2.13. The molecule has 0 radical (unpaired) electrons. The standard InChI is InChI=1S/C17H19ClN4O3S/c18-14-3-1-2-12(8-14)4-6-19-17-20-9-13(10-21-17)16(23)22-15-5-7-26(24,25)11-15/h1-3,8-10,15H,4-7,11H2,(H,22,23)(H,19,20,21). The van der Waals surface area contributed by atoms with Gasteiger partial charge >= 0.3 is 0 Å². The van der Waals surface area contributed by atoms with Crippen molar-refractivity contribution in [3.8, 4) is 0 Å². The molecule has 7 nitrogen and oxygen atoms in total. The van der Waals surface area contributed by atoms with Crippen LogP contribution in [0.2, 0.25) is 5.02 Å². The quantitative estimate of drug-likeness (QED) is 0.773. The van der Waals surface area contributed by atoms with Gasteiger partial charge in [0.2, 0.25) is 5.95 Å². The predicted octanol–water partition coefficient (Wildman–Crippen LogP) is 1.70. The van der Waals surface area contributed by atoms with Gasteiger partial charge in [-0.2, -0.15) is 0 Å². The molecule has 138 valence electrons. The van der Waals surface area contributed by atoms with Crippen LogP contribution in [0.1, 0.15) is 22.3 Å². The van der Waals surface area contributed by atoms with Crippen molar-refractivity contribution < 1.29 is 13.2 Å². The van der Waals surface area contributed by atoms with Gasteiger partial charge in [-0.15, -0.1) is 0 Å². The largest absolute Gasteiger partial charge is 0.354 e. The molecule has 1 amide bonds. The van der Waals surface area contributed by atoms with E-state index >= 15 is 0 Å². The van der Waals surface area contributed by atoms with Crippen molar-refractivity contribution in [3.63, 3.8) is 0 Å². The van der Waals surface area contributed by atoms with Gasteiger partial charge in [0.1, 0.15) is 0 Å². The van der Waals surface area contributed by atoms with Gasteiger partial charge in [-0.25, -0.2) is 18.4 Å². The maximum Gasteiger partial charge on any atom is 0.254 e. The van der Waals surface area contributed by atoms with Gasteiger partial charge < -0.3 is 10.6 Å². The number of halogens is 1. The molecule has 3 rings (SSSR count). The summed E-state index contributed by atoms with van der Waals surface area (Å²) in [5, 5.41) is 6.49. The van der Waals surface area contributed by atoms with Crippen molar-refractivity contribution in [1.82, 2.24) is 15.3 Å². The minimum Gasteiger partial charge on any atom is -0.354 e. The van der Waals surface area contributed by atoms with Crippen LogP contribution in [0.3, 0.4) is 0 Å². The number of nitrogens with zero attached hydrogens (tertiary/aromatic N) is 2. The smallest absolute Gasteiger partial charge is 0.254 e. The van der Waals surface area contributed by atoms with Crippen molar-refractivity contribution in [1.29, 1.82) is 0 Å². The van der Waals surface area contributed by atoms with Crippen molar-refractivity contribution in [2.24, 2.45) is 0 Å². The summed E-state index contributed by atoms with van der Waals surface area (Å²) in [6, 6.07) is 7.28. The summed E-state index contributed by atoms with van der Waals surface area (Å²) in [6.45, 7) is 0.631. The monoisotopic (exact) mass is 394 g/mol. The average molecular weight is 395 g/mol. The van der Waals surface area contributed by atoms with E-state index in [4.69, 9.17) is 11.6 Å². The molecule has 0 bridgehead atoms. The molecule has 1 aliphatic heterocycles. The number of benzene rings is 1. The molecule has 1 fully saturated rings. The van der Waals surface area contributed by atoms with Gasteiger partial charge in [0, 0.05) is 30.0 Å². The normalized spacial score (nSPS) is 18.4. The number of amides is 1. The maximum absolute atomic E-state index is 12.1. The first kappa shape index (κ1) is 18.6. The number of carbonyl (C=O) groups is 1. The van der Waals surface area contributed by atoms with Crippen LogP contribution in [0, 0.1) is 0 Å². The van der Waals surface area contributed by atoms with E-state index < -0.39 is 9.84 Å². The Balaban J connectivity index is 1.49. The van der Waals surface area contributed by atoms with Gasteiger partial charge in [0.15, 0.2) is 9.84 Å². The summed E-state index contributed by atoms with van der Waals surface area (Å²) in [5.74, 6) is 0.164. The number of rotatable bonds is 6. The molecule has 1 unspecified atom stereocenters. The van der Waals surface area contributed by atoms with Crippen molar-refractivity contribution in [2.45, 2.75) is 18.9 Å². The molecule has 2 heterocycles. The van der Waals surface area contributed by atoms with E-state index in [0.717, 1.165) is 12.0 Å². The van der Waals surface area contributed by atoms with Gasteiger partial charge in [0.05, 0.1) is 17.1 Å². The van der Waals surface area contributed by atoms with E-state index in [1.54, 1.807) is 0 Å². The van der Waals surface area contributed by atoms with Crippen LogP contribution >= 0.6 is 11.6 Å². The summed E-state index contributed by atoms with van der Waals surface area (Å²) in [5.41, 5.74) is 1.40. The van der Waals surface area contributed by atoms with Gasteiger partial charge in [0.25, 0.3) is 5.91 Å². The maximum atomic E-state index is 12.1. The summed E-state index contributed by atoms with van der Waals surface area (Å²) >= 11 is 5.95. The number of carbonyl (C=O) groups excluding carboxylic acids is 1. The second-order valence-electron chi connectivity index (χ2n) is 6.18. The van der Waals surface area contributed by atoms with Crippen LogP contribution < -0.4 is 10.6 Å². The molecule has 26 heavy (non-hydrogen) atoms. The van der Waals surface area contributed by atoms with Crippen molar-refractivity contribution in [3.05, 3.63) is 52.8 Å². The van der Waals surface area contributed by atoms with E-state index in [0.29, 0.717) is 29.5 Å². The summed E-state index contributed by atoms with van der Waals surface area (Å²) in [4.78, 5) is 20.4. The van der Waals surface area contributed by atoms with E-state index in [-0.39, 0.29) is 23.5 Å². The molecule has 2 aromatic rings. The lowest BCUT2D eigenvalue weighted by molar-refractivity contribution is 0.0940. The SMILES string of the molecule is O=C(NC1CCS(=O)(=O)C1)c1cnc(NCCc2cccc(Cl)c2)nc1. The molecule has 0 aliphatic carbocycles. The number of hydrogen-bond acceptors (Lipinski definition) is 6. The zero-order valence-electron chi connectivity index (χ0n) is 14.0. The Bertz CT molecular complexity index is 887. The van der Waals surface area contributed by atoms with Crippen LogP contribution in [-0.2, 0) is 16.3 Å². The zero-order chi connectivity index (χ0) is 18.6. The lowest BCUT2D eigenvalue weighted by atomic mass is 10.1. The Morgan fingerprint density at radius 3 is 2.69 bits per heavy atom. The highest BCUT2D eigenvalue weighted by molar-refractivity contribution is 7.91. The molecule has 2 N–H and O–H groups in total. The summed E-state index contributed by atoms with van der Waals surface area (Å²) < 4.78 is 22.9. The third kappa shape index (κ3) is 5.15. The van der Waals surface area contributed by atoms with Crippen LogP contribution in [-0.4, -0.2) is 48.4 Å². The Hall–Kier alpha value is -2.19. The fourth-order valence-corrected chi connectivity index (χ4v) is 4.61. The Kier molecular flexibility index (Phi) is 5.73. The van der Waals surface area contributed by atoms with Crippen LogP contribution in [0.25, 0.3) is 0 Å². The van der Waals surface area contributed by atoms with Crippen LogP contribution in [0.5, 0.6) is 0 Å². The highest BCUT2D eigenvalue weighted by atomic mass is 35.5. The summed E-state index contributed by atoms with van der Waals surface area (Å²) in [7, 11) is -3.03. The molecule has 1 aromatic carbocycles. The minimum absolute atomic E-state index is 0.0112. The predicted molar refractivity (Wildman–Crippen MR) is 100 cm³/mol. The minimum atomic E-state index is -3.03. The summed E-state index contributed by atoms with van der Waals surface area (Å²) in [6.07, 6.45) is 4.06. The molecular weight excluding hydrogens is 376 g/mol. The fraction of sp³-hybridized carbons (Fsp3) is 0.353. The number of anilines is 1.